The lowest BCUT2D eigenvalue weighted by Crippen LogP contribution is -2.42. The van der Waals surface area contributed by atoms with Crippen molar-refractivity contribution in [3.05, 3.63) is 83.9 Å². The number of unbranched alkanes of at least 4 members (excludes halogenated alkanes) is 8. The summed E-state index contributed by atoms with van der Waals surface area (Å²) in [4.78, 5) is 37.1. The Morgan fingerprint density at radius 1 is 0.596 bits per heavy atom. The van der Waals surface area contributed by atoms with Gasteiger partial charge in [-0.2, -0.15) is 13.2 Å². The van der Waals surface area contributed by atoms with Crippen LogP contribution in [0.15, 0.2) is 72.8 Å². The number of hydrogen-bond donors (Lipinski definition) is 0. The molecule has 0 N–H and O–H groups in total. The van der Waals surface area contributed by atoms with Crippen LogP contribution in [0.2, 0.25) is 0 Å². The highest BCUT2D eigenvalue weighted by molar-refractivity contribution is 5.93. The van der Waals surface area contributed by atoms with E-state index in [0.29, 0.717) is 19.4 Å². The molecule has 0 aliphatic heterocycles. The molecule has 1 atom stereocenters. The fourth-order valence-corrected chi connectivity index (χ4v) is 4.64. The summed E-state index contributed by atoms with van der Waals surface area (Å²) >= 11 is 0. The maximum atomic E-state index is 13.4. The predicted octanol–water partition coefficient (Wildman–Crippen LogP) is 9.52. The lowest BCUT2D eigenvalue weighted by Gasteiger charge is -2.19. The predicted molar refractivity (Wildman–Crippen MR) is 173 cm³/mol. The van der Waals surface area contributed by atoms with Gasteiger partial charge in [-0.05, 0) is 72.5 Å². The molecule has 0 heterocycles. The number of esters is 3. The first kappa shape index (κ1) is 37.1. The van der Waals surface area contributed by atoms with Crippen LogP contribution in [0.5, 0.6) is 11.5 Å². The molecular formula is C37H43F3O7. The van der Waals surface area contributed by atoms with E-state index in [1.807, 2.05) is 31.2 Å². The van der Waals surface area contributed by atoms with Gasteiger partial charge in [-0.1, -0.05) is 89.5 Å². The van der Waals surface area contributed by atoms with Gasteiger partial charge in [0.05, 0.1) is 24.3 Å². The lowest BCUT2D eigenvalue weighted by atomic mass is 10.0. The number of carbonyl (C=O) groups is 3. The van der Waals surface area contributed by atoms with E-state index in [9.17, 15) is 27.6 Å². The standard InChI is InChI=1S/C37H43F3O7/c1-3-5-7-9-10-12-25-44-31-21-17-28(18-22-31)27-13-15-29(16-14-27)34(41)46-32-23-19-30(20-24-32)35(42)47-33(37(38,39)40)36(43)45-26-11-8-6-4-2/h13-24,33H,3-12,25-26H2,1-2H3. The zero-order valence-electron chi connectivity index (χ0n) is 27.0. The van der Waals surface area contributed by atoms with Crippen LogP contribution in [0.4, 0.5) is 13.2 Å². The molecule has 1 unspecified atom stereocenters. The van der Waals surface area contributed by atoms with E-state index >= 15 is 0 Å². The molecule has 0 aliphatic carbocycles. The van der Waals surface area contributed by atoms with Crippen molar-refractivity contribution < 1.29 is 46.5 Å². The van der Waals surface area contributed by atoms with Crippen LogP contribution in [-0.4, -0.2) is 43.4 Å². The summed E-state index contributed by atoms with van der Waals surface area (Å²) in [6, 6.07) is 19.3. The van der Waals surface area contributed by atoms with Crippen LogP contribution in [0.25, 0.3) is 11.1 Å². The molecule has 0 radical (unpaired) electrons. The monoisotopic (exact) mass is 656 g/mol. The normalized spacial score (nSPS) is 11.9. The van der Waals surface area contributed by atoms with Gasteiger partial charge in [0.15, 0.2) is 0 Å². The van der Waals surface area contributed by atoms with Gasteiger partial charge < -0.3 is 18.9 Å². The van der Waals surface area contributed by atoms with Gasteiger partial charge in [0.1, 0.15) is 11.5 Å². The number of ether oxygens (including phenoxy) is 4. The molecule has 0 fully saturated rings. The molecule has 7 nitrogen and oxygen atoms in total. The third kappa shape index (κ3) is 12.8. The minimum atomic E-state index is -5.15. The molecule has 0 saturated carbocycles. The summed E-state index contributed by atoms with van der Waals surface area (Å²) < 4.78 is 60.6. The first-order chi connectivity index (χ1) is 22.6. The number of rotatable bonds is 19. The SMILES string of the molecule is CCCCCCCCOc1ccc(-c2ccc(C(=O)Oc3ccc(C(=O)OC(C(=O)OCCCCCC)C(F)(F)F)cc3)cc2)cc1. The zero-order chi connectivity index (χ0) is 34.1. The van der Waals surface area contributed by atoms with Crippen molar-refractivity contribution in [3.63, 3.8) is 0 Å². The average molecular weight is 657 g/mol. The molecule has 3 rings (SSSR count). The Hall–Kier alpha value is -4.34. The molecule has 254 valence electrons. The molecule has 3 aromatic rings. The van der Waals surface area contributed by atoms with E-state index in [4.69, 9.17) is 9.47 Å². The Kier molecular flexibility index (Phi) is 15.3. The largest absolute Gasteiger partial charge is 0.494 e. The Morgan fingerprint density at radius 2 is 1.06 bits per heavy atom. The molecule has 3 aromatic carbocycles. The van der Waals surface area contributed by atoms with Crippen LogP contribution in [-0.2, 0) is 14.3 Å². The van der Waals surface area contributed by atoms with E-state index < -0.39 is 30.2 Å². The van der Waals surface area contributed by atoms with Gasteiger partial charge in [0.2, 0.25) is 0 Å². The molecular weight excluding hydrogens is 613 g/mol. The van der Waals surface area contributed by atoms with Crippen LogP contribution < -0.4 is 9.47 Å². The topological polar surface area (TPSA) is 88.1 Å². The smallest absolute Gasteiger partial charge is 0.436 e. The maximum absolute atomic E-state index is 13.4. The fourth-order valence-electron chi connectivity index (χ4n) is 4.64. The summed E-state index contributed by atoms with van der Waals surface area (Å²) in [5.41, 5.74) is 1.85. The van der Waals surface area contributed by atoms with Gasteiger partial charge in [-0.3, -0.25) is 0 Å². The first-order valence-electron chi connectivity index (χ1n) is 16.2. The van der Waals surface area contributed by atoms with Crippen molar-refractivity contribution in [2.24, 2.45) is 0 Å². The van der Waals surface area contributed by atoms with Crippen molar-refractivity contribution in [3.8, 4) is 22.6 Å². The van der Waals surface area contributed by atoms with Crippen LogP contribution in [0.3, 0.4) is 0 Å². The molecule has 0 aromatic heterocycles. The maximum Gasteiger partial charge on any atom is 0.436 e. The summed E-state index contributed by atoms with van der Waals surface area (Å²) in [5.74, 6) is -2.85. The highest BCUT2D eigenvalue weighted by Crippen LogP contribution is 2.27. The van der Waals surface area contributed by atoms with Crippen molar-refractivity contribution in [2.75, 3.05) is 13.2 Å². The van der Waals surface area contributed by atoms with E-state index in [0.717, 1.165) is 54.7 Å². The van der Waals surface area contributed by atoms with E-state index in [-0.39, 0.29) is 23.5 Å². The quantitative estimate of drug-likeness (QED) is 0.0721. The Balaban J connectivity index is 1.50. The van der Waals surface area contributed by atoms with Gasteiger partial charge in [-0.15, -0.1) is 0 Å². The Labute approximate surface area is 274 Å². The van der Waals surface area contributed by atoms with Gasteiger partial charge in [-0.25, -0.2) is 14.4 Å². The highest BCUT2D eigenvalue weighted by atomic mass is 19.4. The lowest BCUT2D eigenvalue weighted by molar-refractivity contribution is -0.218. The highest BCUT2D eigenvalue weighted by Gasteiger charge is 2.49. The van der Waals surface area contributed by atoms with Gasteiger partial charge in [0, 0.05) is 0 Å². The van der Waals surface area contributed by atoms with Gasteiger partial charge >= 0.3 is 24.1 Å². The first-order valence-corrected chi connectivity index (χ1v) is 16.2. The minimum Gasteiger partial charge on any atom is -0.494 e. The summed E-state index contributed by atoms with van der Waals surface area (Å²) in [6.45, 7) is 4.65. The second-order valence-corrected chi connectivity index (χ2v) is 11.2. The van der Waals surface area contributed by atoms with Crippen LogP contribution in [0.1, 0.15) is 98.8 Å². The second-order valence-electron chi connectivity index (χ2n) is 11.2. The van der Waals surface area contributed by atoms with Crippen molar-refractivity contribution in [1.82, 2.24) is 0 Å². The van der Waals surface area contributed by atoms with Crippen molar-refractivity contribution >= 4 is 17.9 Å². The van der Waals surface area contributed by atoms with Crippen LogP contribution in [0, 0.1) is 0 Å². The number of carbonyl (C=O) groups excluding carboxylic acids is 3. The Morgan fingerprint density at radius 3 is 1.66 bits per heavy atom. The van der Waals surface area contributed by atoms with Crippen molar-refractivity contribution in [1.29, 1.82) is 0 Å². The second kappa shape index (κ2) is 19.4. The number of benzene rings is 3. The van der Waals surface area contributed by atoms with Crippen molar-refractivity contribution in [2.45, 2.75) is 90.3 Å². The summed E-state index contributed by atoms with van der Waals surface area (Å²) in [6.07, 6.45) is 1.88. The zero-order valence-corrected chi connectivity index (χ0v) is 27.0. The molecule has 0 amide bonds. The van der Waals surface area contributed by atoms with E-state index in [2.05, 4.69) is 16.4 Å². The third-order valence-corrected chi connectivity index (χ3v) is 7.35. The number of halogens is 3. The average Bonchev–Trinajstić information content (AvgIpc) is 3.06. The Bertz CT molecular complexity index is 1390. The summed E-state index contributed by atoms with van der Waals surface area (Å²) in [5, 5.41) is 0. The molecule has 0 bridgehead atoms. The summed E-state index contributed by atoms with van der Waals surface area (Å²) in [7, 11) is 0. The number of hydrogen-bond acceptors (Lipinski definition) is 7. The molecule has 0 spiro atoms. The van der Waals surface area contributed by atoms with Crippen LogP contribution >= 0.6 is 0 Å². The fraction of sp³-hybridized carbons (Fsp3) is 0.432. The minimum absolute atomic E-state index is 0.0611. The molecule has 47 heavy (non-hydrogen) atoms. The van der Waals surface area contributed by atoms with Gasteiger partial charge in [0.25, 0.3) is 6.10 Å². The number of alkyl halides is 3. The molecule has 0 aliphatic rings. The molecule has 10 heteroatoms. The third-order valence-electron chi connectivity index (χ3n) is 7.35. The van der Waals surface area contributed by atoms with E-state index in [1.165, 1.54) is 37.8 Å². The van der Waals surface area contributed by atoms with E-state index in [1.54, 1.807) is 24.3 Å². The molecule has 0 saturated heterocycles.